The molecule has 0 saturated heterocycles. The van der Waals surface area contributed by atoms with Crippen LogP contribution >= 0.6 is 22.7 Å². The van der Waals surface area contributed by atoms with Crippen molar-refractivity contribution in [2.75, 3.05) is 0 Å². The van der Waals surface area contributed by atoms with Gasteiger partial charge >= 0.3 is 0 Å². The Morgan fingerprint density at radius 2 is 1.16 bits per heavy atom. The fraction of sp³-hybridized carbons (Fsp3) is 0.0392. The molecule has 57 heavy (non-hydrogen) atoms. The van der Waals surface area contributed by atoms with Crippen molar-refractivity contribution in [2.45, 2.75) is 12.3 Å². The molecule has 4 heterocycles. The molecule has 0 radical (unpaired) electrons. The van der Waals surface area contributed by atoms with Crippen molar-refractivity contribution in [1.29, 1.82) is 0 Å². The van der Waals surface area contributed by atoms with E-state index in [4.69, 9.17) is 4.99 Å². The normalized spacial score (nSPS) is 15.9. The molecule has 1 aliphatic heterocycles. The Kier molecular flexibility index (Phi) is 7.45. The maximum atomic E-state index is 5.18. The molecule has 0 fully saturated rings. The lowest BCUT2D eigenvalue weighted by molar-refractivity contribution is 0.411. The Bertz CT molecular complexity index is 3320. The number of benzene rings is 8. The number of amidine groups is 1. The van der Waals surface area contributed by atoms with Crippen molar-refractivity contribution < 1.29 is 0 Å². The maximum Gasteiger partial charge on any atom is 0.131 e. The number of nitrogens with zero attached hydrogens (tertiary/aromatic N) is 2. The standard InChI is InChI=1S/C51H34N4S2/c1-3-14-31(15-4-1)49-52-50(32-16-5-2-6-17-32)54-51(53-49)39-23-13-27-45-46(39)40-30-33(28-29-44(40)56-45)34-20-11-21-37-38-22-12-26-43(48(38)57-47(34)37)55-41-24-9-7-18-35(41)36-19-8-10-25-42(36)55/h1-30,49,51,53H,(H,52,54). The van der Waals surface area contributed by atoms with Gasteiger partial charge in [-0.3, -0.25) is 5.32 Å². The van der Waals surface area contributed by atoms with Crippen molar-refractivity contribution in [1.82, 2.24) is 15.2 Å². The number of aromatic nitrogens is 1. The molecule has 1 aliphatic rings. The molecule has 6 heteroatoms. The van der Waals surface area contributed by atoms with E-state index < -0.39 is 0 Å². The molecular weight excluding hydrogens is 733 g/mol. The monoisotopic (exact) mass is 766 g/mol. The zero-order valence-corrected chi connectivity index (χ0v) is 32.3. The summed E-state index contributed by atoms with van der Waals surface area (Å²) < 4.78 is 7.63. The fourth-order valence-electron chi connectivity index (χ4n) is 8.92. The minimum absolute atomic E-state index is 0.154. The van der Waals surface area contributed by atoms with Crippen LogP contribution in [0.15, 0.2) is 187 Å². The molecule has 0 saturated carbocycles. The minimum Gasteiger partial charge on any atom is -0.350 e. The summed E-state index contributed by atoms with van der Waals surface area (Å²) in [6, 6.07) is 65.9. The first-order valence-corrected chi connectivity index (χ1v) is 21.0. The van der Waals surface area contributed by atoms with Crippen LogP contribution in [-0.2, 0) is 0 Å². The highest BCUT2D eigenvalue weighted by atomic mass is 32.1. The molecule has 0 spiro atoms. The molecule has 2 N–H and O–H groups in total. The van der Waals surface area contributed by atoms with Crippen LogP contribution in [0.3, 0.4) is 0 Å². The smallest absolute Gasteiger partial charge is 0.131 e. The van der Waals surface area contributed by atoms with Gasteiger partial charge in [-0.15, -0.1) is 22.7 Å². The van der Waals surface area contributed by atoms with Gasteiger partial charge in [-0.2, -0.15) is 0 Å². The predicted molar refractivity (Wildman–Crippen MR) is 243 cm³/mol. The second-order valence-corrected chi connectivity index (χ2v) is 16.8. The van der Waals surface area contributed by atoms with Gasteiger partial charge in [0.15, 0.2) is 0 Å². The third-order valence-corrected chi connectivity index (χ3v) is 13.9. The number of nitrogens with one attached hydrogen (secondary N) is 2. The van der Waals surface area contributed by atoms with E-state index in [9.17, 15) is 0 Å². The molecule has 12 rings (SSSR count). The third kappa shape index (κ3) is 5.19. The summed E-state index contributed by atoms with van der Waals surface area (Å²) >= 11 is 3.77. The summed E-state index contributed by atoms with van der Waals surface area (Å²) in [4.78, 5) is 5.18. The van der Waals surface area contributed by atoms with E-state index in [1.807, 2.05) is 22.7 Å². The molecule has 4 nitrogen and oxygen atoms in total. The Morgan fingerprint density at radius 1 is 0.491 bits per heavy atom. The third-order valence-electron chi connectivity index (χ3n) is 11.5. The molecule has 11 aromatic rings. The summed E-state index contributed by atoms with van der Waals surface area (Å²) in [6.07, 6.45) is -0.347. The highest BCUT2D eigenvalue weighted by Crippen LogP contribution is 2.46. The Labute approximate surface area is 337 Å². The summed E-state index contributed by atoms with van der Waals surface area (Å²) in [6.45, 7) is 0. The number of para-hydroxylation sites is 2. The molecule has 0 bridgehead atoms. The van der Waals surface area contributed by atoms with Gasteiger partial charge in [0.1, 0.15) is 18.2 Å². The lowest BCUT2D eigenvalue weighted by Gasteiger charge is -2.32. The summed E-state index contributed by atoms with van der Waals surface area (Å²) in [5.74, 6) is 0.891. The largest absolute Gasteiger partial charge is 0.350 e. The first-order valence-electron chi connectivity index (χ1n) is 19.4. The van der Waals surface area contributed by atoms with Crippen LogP contribution in [0.25, 0.3) is 79.0 Å². The van der Waals surface area contributed by atoms with Gasteiger partial charge in [0.25, 0.3) is 0 Å². The number of hydrogen-bond acceptors (Lipinski definition) is 5. The van der Waals surface area contributed by atoms with Crippen molar-refractivity contribution >= 4 is 90.7 Å². The van der Waals surface area contributed by atoms with E-state index in [-0.39, 0.29) is 12.3 Å². The lowest BCUT2D eigenvalue weighted by atomic mass is 9.98. The molecule has 8 aromatic carbocycles. The highest BCUT2D eigenvalue weighted by molar-refractivity contribution is 7.27. The zero-order valence-electron chi connectivity index (χ0n) is 30.7. The molecule has 0 aliphatic carbocycles. The van der Waals surface area contributed by atoms with Crippen LogP contribution in [-0.4, -0.2) is 10.4 Å². The fourth-order valence-corrected chi connectivity index (χ4v) is 11.4. The van der Waals surface area contributed by atoms with Gasteiger partial charge < -0.3 is 9.88 Å². The minimum atomic E-state index is -0.193. The maximum absolute atomic E-state index is 5.18. The predicted octanol–water partition coefficient (Wildman–Crippen LogP) is 13.5. The van der Waals surface area contributed by atoms with E-state index in [0.29, 0.717) is 0 Å². The number of hydrogen-bond donors (Lipinski definition) is 2. The number of aliphatic imine (C=N–C) groups is 1. The molecule has 0 amide bonds. The highest BCUT2D eigenvalue weighted by Gasteiger charge is 2.28. The van der Waals surface area contributed by atoms with Crippen LogP contribution in [0.1, 0.15) is 29.0 Å². The molecule has 3 aromatic heterocycles. The second-order valence-electron chi connectivity index (χ2n) is 14.7. The van der Waals surface area contributed by atoms with Gasteiger partial charge in [-0.05, 0) is 58.7 Å². The number of rotatable bonds is 5. The van der Waals surface area contributed by atoms with Gasteiger partial charge in [0.05, 0.1) is 21.4 Å². The van der Waals surface area contributed by atoms with E-state index >= 15 is 0 Å². The van der Waals surface area contributed by atoms with Gasteiger partial charge in [-0.1, -0.05) is 146 Å². The van der Waals surface area contributed by atoms with Gasteiger partial charge in [-0.25, -0.2) is 4.99 Å². The van der Waals surface area contributed by atoms with Crippen LogP contribution in [0.2, 0.25) is 0 Å². The van der Waals surface area contributed by atoms with Crippen LogP contribution < -0.4 is 10.6 Å². The Balaban J connectivity index is 1.02. The first-order chi connectivity index (χ1) is 28.3. The number of thiophene rings is 2. The van der Waals surface area contributed by atoms with Crippen molar-refractivity contribution in [3.05, 3.63) is 199 Å². The van der Waals surface area contributed by atoms with Crippen LogP contribution in [0, 0.1) is 0 Å². The molecule has 270 valence electrons. The summed E-state index contributed by atoms with van der Waals surface area (Å²) in [5, 5.41) is 15.4. The average Bonchev–Trinajstić information content (AvgIpc) is 3.96. The average molecular weight is 767 g/mol. The van der Waals surface area contributed by atoms with Gasteiger partial charge in [0, 0.05) is 52.0 Å². The Hall–Kier alpha value is -6.57. The lowest BCUT2D eigenvalue weighted by Crippen LogP contribution is -2.45. The van der Waals surface area contributed by atoms with E-state index in [0.717, 1.165) is 17.0 Å². The van der Waals surface area contributed by atoms with Crippen LogP contribution in [0.4, 0.5) is 0 Å². The zero-order chi connectivity index (χ0) is 37.5. The van der Waals surface area contributed by atoms with Gasteiger partial charge in [0.2, 0.25) is 0 Å². The molecule has 2 atom stereocenters. The first kappa shape index (κ1) is 32.7. The number of fused-ring (bicyclic) bond motifs is 9. The molecular formula is C51H34N4S2. The van der Waals surface area contributed by atoms with E-state index in [2.05, 4.69) is 197 Å². The summed E-state index contributed by atoms with van der Waals surface area (Å²) in [7, 11) is 0. The topological polar surface area (TPSA) is 41.4 Å². The van der Waals surface area contributed by atoms with Crippen LogP contribution in [0.5, 0.6) is 0 Å². The second kappa shape index (κ2) is 13.0. The quantitative estimate of drug-likeness (QED) is 0.183. The summed E-state index contributed by atoms with van der Waals surface area (Å²) in [5.41, 5.74) is 9.61. The van der Waals surface area contributed by atoms with Crippen molar-refractivity contribution in [3.63, 3.8) is 0 Å². The van der Waals surface area contributed by atoms with E-state index in [1.54, 1.807) is 0 Å². The van der Waals surface area contributed by atoms with E-state index in [1.165, 1.54) is 84.5 Å². The molecule has 2 unspecified atom stereocenters. The van der Waals surface area contributed by atoms with Crippen molar-refractivity contribution in [2.24, 2.45) is 4.99 Å². The SMILES string of the molecule is c1ccc(C2=NC(c3ccccc3)NC(c3cccc4sc5ccc(-c6cccc7c6sc6c(-n8c9ccccc9c9ccccc98)cccc67)cc5c34)N2)cc1. The van der Waals surface area contributed by atoms with Crippen molar-refractivity contribution in [3.8, 4) is 16.8 Å². The Morgan fingerprint density at radius 3 is 1.95 bits per heavy atom.